The minimum absolute atomic E-state index is 0.0913. The highest BCUT2D eigenvalue weighted by Gasteiger charge is 2.31. The summed E-state index contributed by atoms with van der Waals surface area (Å²) in [6, 6.07) is 15.4. The van der Waals surface area contributed by atoms with Gasteiger partial charge in [-0.3, -0.25) is 0 Å². The van der Waals surface area contributed by atoms with E-state index in [1.807, 2.05) is 42.5 Å². The zero-order valence-electron chi connectivity index (χ0n) is 19.8. The number of para-hydroxylation sites is 2. The Labute approximate surface area is 205 Å². The second-order valence-corrected chi connectivity index (χ2v) is 9.27. The Bertz CT molecular complexity index is 1080. The number of hydrogen-bond donors (Lipinski definition) is 3. The number of amides is 3. The van der Waals surface area contributed by atoms with Gasteiger partial charge in [-0.25, -0.2) is 19.5 Å². The maximum absolute atomic E-state index is 13.1. The summed E-state index contributed by atoms with van der Waals surface area (Å²) in [5.74, 6) is 0.534. The Hall–Kier alpha value is -3.39. The van der Waals surface area contributed by atoms with Crippen LogP contribution in [-0.4, -0.2) is 44.8 Å². The third kappa shape index (κ3) is 6.60. The number of rotatable bonds is 9. The first kappa shape index (κ1) is 24.7. The van der Waals surface area contributed by atoms with Crippen LogP contribution in [0.15, 0.2) is 59.0 Å². The van der Waals surface area contributed by atoms with Gasteiger partial charge in [0.25, 0.3) is 0 Å². The van der Waals surface area contributed by atoms with Crippen LogP contribution >= 0.6 is 0 Å². The van der Waals surface area contributed by atoms with Crippen LogP contribution in [0.2, 0.25) is 0 Å². The summed E-state index contributed by atoms with van der Waals surface area (Å²) in [5, 5.41) is 23.6. The molecule has 4 rings (SSSR count). The molecular weight excluding hydrogens is 446 g/mol. The monoisotopic (exact) mass is 479 g/mol. The van der Waals surface area contributed by atoms with Crippen LogP contribution in [0.1, 0.15) is 62.5 Å². The molecule has 0 aliphatic heterocycles. The number of urea groups is 1. The van der Waals surface area contributed by atoms with Crippen LogP contribution in [-0.2, 0) is 6.42 Å². The van der Waals surface area contributed by atoms with E-state index in [2.05, 4.69) is 10.3 Å². The number of carbonyl (C=O) groups excluding carboxylic acids is 1. The summed E-state index contributed by atoms with van der Waals surface area (Å²) < 4.78 is 5.74. The average molecular weight is 480 g/mol. The summed E-state index contributed by atoms with van der Waals surface area (Å²) in [7, 11) is 0. The molecule has 2 atom stereocenters. The molecule has 8 nitrogen and oxygen atoms in total. The van der Waals surface area contributed by atoms with Crippen molar-refractivity contribution in [1.82, 2.24) is 15.2 Å². The van der Waals surface area contributed by atoms with Gasteiger partial charge in [0, 0.05) is 6.54 Å². The lowest BCUT2D eigenvalue weighted by Gasteiger charge is -2.27. The van der Waals surface area contributed by atoms with Crippen molar-refractivity contribution < 1.29 is 24.2 Å². The van der Waals surface area contributed by atoms with Crippen LogP contribution in [0.25, 0.3) is 11.1 Å². The van der Waals surface area contributed by atoms with Crippen molar-refractivity contribution in [3.8, 4) is 0 Å². The molecule has 3 amide bonds. The highest BCUT2D eigenvalue weighted by atomic mass is 16.4. The molecule has 0 spiro atoms. The molecule has 8 heteroatoms. The van der Waals surface area contributed by atoms with Gasteiger partial charge in [0.1, 0.15) is 5.52 Å². The first-order chi connectivity index (χ1) is 17.0. The molecule has 1 heterocycles. The topological polar surface area (TPSA) is 116 Å². The van der Waals surface area contributed by atoms with Crippen LogP contribution < -0.4 is 5.32 Å². The van der Waals surface area contributed by atoms with Crippen molar-refractivity contribution >= 4 is 23.2 Å². The molecule has 1 aliphatic carbocycles. The standard InChI is InChI=1S/C27H33N3O5/c31-24(25-28-21-13-7-8-14-23(21)35-25)22(16-15-19-9-3-1-4-10-19)29-26(32)30(27(33)34)18-17-20-11-5-2-6-12-20/h1,3-4,7-10,13-14,20,22,24,31H,2,5-6,11-12,15-18H2,(H,29,32)(H,33,34)/t22-,24?/m0/s1. The van der Waals surface area contributed by atoms with Gasteiger partial charge in [0.2, 0.25) is 5.89 Å². The molecule has 1 aliphatic rings. The van der Waals surface area contributed by atoms with Gasteiger partial charge in [-0.1, -0.05) is 74.6 Å². The van der Waals surface area contributed by atoms with E-state index in [4.69, 9.17) is 4.42 Å². The van der Waals surface area contributed by atoms with Gasteiger partial charge in [-0.05, 0) is 42.9 Å². The predicted octanol–water partition coefficient (Wildman–Crippen LogP) is 5.52. The lowest BCUT2D eigenvalue weighted by molar-refractivity contribution is 0.0938. The van der Waals surface area contributed by atoms with Crippen LogP contribution in [0, 0.1) is 5.92 Å². The zero-order valence-corrected chi connectivity index (χ0v) is 19.8. The van der Waals surface area contributed by atoms with Crippen molar-refractivity contribution in [3.05, 3.63) is 66.1 Å². The fourth-order valence-electron chi connectivity index (χ4n) is 4.77. The summed E-state index contributed by atoms with van der Waals surface area (Å²) >= 11 is 0. The number of nitrogens with one attached hydrogen (secondary N) is 1. The Morgan fingerprint density at radius 3 is 2.49 bits per heavy atom. The molecule has 3 N–H and O–H groups in total. The normalized spacial score (nSPS) is 16.0. The van der Waals surface area contributed by atoms with Crippen molar-refractivity contribution in [2.75, 3.05) is 6.54 Å². The number of nitrogens with zero attached hydrogens (tertiary/aromatic N) is 2. The van der Waals surface area contributed by atoms with Gasteiger partial charge >= 0.3 is 12.1 Å². The van der Waals surface area contributed by atoms with Gasteiger partial charge in [-0.2, -0.15) is 0 Å². The zero-order chi connectivity index (χ0) is 24.6. The lowest BCUT2D eigenvalue weighted by Crippen LogP contribution is -2.49. The van der Waals surface area contributed by atoms with E-state index in [9.17, 15) is 19.8 Å². The summed E-state index contributed by atoms with van der Waals surface area (Å²) in [5.41, 5.74) is 2.19. The fraction of sp³-hybridized carbons (Fsp3) is 0.444. The molecule has 2 aromatic carbocycles. The van der Waals surface area contributed by atoms with Gasteiger partial charge in [0.05, 0.1) is 6.04 Å². The summed E-state index contributed by atoms with van der Waals surface area (Å²) in [6.45, 7) is 0.135. The Kier molecular flexibility index (Phi) is 8.36. The van der Waals surface area contributed by atoms with Crippen LogP contribution in [0.5, 0.6) is 0 Å². The quantitative estimate of drug-likeness (QED) is 0.372. The van der Waals surface area contributed by atoms with Crippen LogP contribution in [0.3, 0.4) is 0 Å². The number of benzene rings is 2. The van der Waals surface area contributed by atoms with E-state index >= 15 is 0 Å². The van der Waals surface area contributed by atoms with E-state index in [0.717, 1.165) is 36.1 Å². The second kappa shape index (κ2) is 11.8. The molecular formula is C27H33N3O5. The van der Waals surface area contributed by atoms with Crippen molar-refractivity contribution in [2.45, 2.75) is 63.5 Å². The number of imide groups is 1. The number of carbonyl (C=O) groups is 2. The van der Waals surface area contributed by atoms with E-state index in [-0.39, 0.29) is 12.4 Å². The molecule has 1 saturated carbocycles. The fourth-order valence-corrected chi connectivity index (χ4v) is 4.77. The molecule has 1 fully saturated rings. The molecule has 0 bridgehead atoms. The minimum Gasteiger partial charge on any atom is -0.465 e. The molecule has 0 radical (unpaired) electrons. The number of carboxylic acid groups (broad SMARTS) is 1. The largest absolute Gasteiger partial charge is 0.465 e. The minimum atomic E-state index is -1.29. The van der Waals surface area contributed by atoms with Crippen LogP contribution in [0.4, 0.5) is 9.59 Å². The number of aliphatic hydroxyl groups excluding tert-OH is 1. The van der Waals surface area contributed by atoms with E-state index < -0.39 is 24.3 Å². The lowest BCUT2D eigenvalue weighted by atomic mass is 9.87. The maximum atomic E-state index is 13.1. The molecule has 1 unspecified atom stereocenters. The Morgan fingerprint density at radius 2 is 1.77 bits per heavy atom. The molecule has 0 saturated heterocycles. The first-order valence-corrected chi connectivity index (χ1v) is 12.4. The summed E-state index contributed by atoms with van der Waals surface area (Å²) in [4.78, 5) is 30.2. The first-order valence-electron chi connectivity index (χ1n) is 12.4. The highest BCUT2D eigenvalue weighted by molar-refractivity contribution is 5.90. The SMILES string of the molecule is O=C(O)N(CCC1CCCCC1)C(=O)N[C@@H](CCc1ccccc1)C(O)c1nc2ccccc2o1. The summed E-state index contributed by atoms with van der Waals surface area (Å²) in [6.07, 6.45) is 4.77. The maximum Gasteiger partial charge on any atom is 0.415 e. The van der Waals surface area contributed by atoms with Gasteiger partial charge in [-0.15, -0.1) is 0 Å². The third-order valence-corrected chi connectivity index (χ3v) is 6.80. The smallest absolute Gasteiger partial charge is 0.415 e. The van der Waals surface area contributed by atoms with Gasteiger partial charge < -0.3 is 19.9 Å². The van der Waals surface area contributed by atoms with E-state index in [1.54, 1.807) is 12.1 Å². The highest BCUT2D eigenvalue weighted by Crippen LogP contribution is 2.27. The molecule has 35 heavy (non-hydrogen) atoms. The number of aromatic nitrogens is 1. The Balaban J connectivity index is 1.48. The van der Waals surface area contributed by atoms with Gasteiger partial charge in [0.15, 0.2) is 11.7 Å². The predicted molar refractivity (Wildman–Crippen MR) is 132 cm³/mol. The van der Waals surface area contributed by atoms with E-state index in [1.165, 1.54) is 6.42 Å². The van der Waals surface area contributed by atoms with Crippen molar-refractivity contribution in [3.63, 3.8) is 0 Å². The van der Waals surface area contributed by atoms with E-state index in [0.29, 0.717) is 36.3 Å². The number of fused-ring (bicyclic) bond motifs is 1. The van der Waals surface area contributed by atoms with Crippen molar-refractivity contribution in [2.24, 2.45) is 5.92 Å². The van der Waals surface area contributed by atoms with Crippen molar-refractivity contribution in [1.29, 1.82) is 0 Å². The molecule has 186 valence electrons. The molecule has 1 aromatic heterocycles. The third-order valence-electron chi connectivity index (χ3n) is 6.80. The molecule has 3 aromatic rings. The number of oxazole rings is 1. The number of aryl methyl sites for hydroxylation is 1. The number of aliphatic hydroxyl groups is 1. The Morgan fingerprint density at radius 1 is 1.06 bits per heavy atom. The average Bonchev–Trinajstić information content (AvgIpc) is 3.32. The second-order valence-electron chi connectivity index (χ2n) is 9.27. The number of hydrogen-bond acceptors (Lipinski definition) is 5.